The van der Waals surface area contributed by atoms with Gasteiger partial charge in [-0.2, -0.15) is 0 Å². The number of aryl methyl sites for hydroxylation is 2. The second-order valence-corrected chi connectivity index (χ2v) is 5.88. The van der Waals surface area contributed by atoms with Crippen molar-refractivity contribution in [1.82, 2.24) is 18.7 Å². The van der Waals surface area contributed by atoms with Crippen LogP contribution in [0.15, 0.2) is 27.8 Å². The molecule has 140 valence electrons. The second kappa shape index (κ2) is 7.03. The molecular weight excluding hydrogens is 348 g/mol. The van der Waals surface area contributed by atoms with Gasteiger partial charge in [-0.3, -0.25) is 13.9 Å². The third kappa shape index (κ3) is 2.97. The lowest BCUT2D eigenvalue weighted by Gasteiger charge is -2.06. The van der Waals surface area contributed by atoms with Crippen LogP contribution in [0.2, 0.25) is 0 Å². The lowest BCUT2D eigenvalue weighted by atomic mass is 10.2. The molecule has 0 bridgehead atoms. The van der Waals surface area contributed by atoms with E-state index < -0.39 is 11.2 Å². The molecule has 3 rings (SSSR count). The predicted octanol–water partition coefficient (Wildman–Crippen LogP) is 0.871. The van der Waals surface area contributed by atoms with E-state index in [9.17, 15) is 9.59 Å². The first-order valence-corrected chi connectivity index (χ1v) is 8.33. The summed E-state index contributed by atoms with van der Waals surface area (Å²) in [4.78, 5) is 29.2. The Morgan fingerprint density at radius 3 is 2.37 bits per heavy atom. The summed E-state index contributed by atoms with van der Waals surface area (Å²) in [6.07, 6.45) is 0. The van der Waals surface area contributed by atoms with Crippen LogP contribution in [0.25, 0.3) is 11.2 Å². The Balaban J connectivity index is 2.17. The van der Waals surface area contributed by atoms with E-state index >= 15 is 0 Å². The number of hydrogen-bond donors (Lipinski definition) is 0. The average Bonchev–Trinajstić information content (AvgIpc) is 3.01. The van der Waals surface area contributed by atoms with Crippen molar-refractivity contribution in [2.45, 2.75) is 13.5 Å². The molecule has 0 amide bonds. The standard InChI is InChI=1S/C19H20N4O4/c1-6-23-17-16(18(24)22(3)19(23)25)21(2)15(20-17)10-8-12-7-9-13(26-4)14(11-12)27-5/h7,9,11H,6H2,1-5H3. The van der Waals surface area contributed by atoms with E-state index in [1.807, 2.05) is 6.92 Å². The number of imidazole rings is 1. The molecule has 27 heavy (non-hydrogen) atoms. The van der Waals surface area contributed by atoms with Crippen LogP contribution >= 0.6 is 0 Å². The predicted molar refractivity (Wildman–Crippen MR) is 101 cm³/mol. The zero-order valence-corrected chi connectivity index (χ0v) is 15.9. The zero-order chi connectivity index (χ0) is 19.7. The van der Waals surface area contributed by atoms with Gasteiger partial charge in [0.25, 0.3) is 5.56 Å². The Labute approximate surface area is 155 Å². The molecule has 1 aromatic carbocycles. The number of nitrogens with zero attached hydrogens (tertiary/aromatic N) is 4. The number of fused-ring (bicyclic) bond motifs is 1. The fraction of sp³-hybridized carbons (Fsp3) is 0.316. The fourth-order valence-corrected chi connectivity index (χ4v) is 2.87. The van der Waals surface area contributed by atoms with Crippen molar-refractivity contribution >= 4 is 11.2 Å². The first kappa shape index (κ1) is 18.3. The molecule has 8 nitrogen and oxygen atoms in total. The summed E-state index contributed by atoms with van der Waals surface area (Å²) in [6.45, 7) is 2.23. The van der Waals surface area contributed by atoms with Crippen LogP contribution in [0.1, 0.15) is 18.3 Å². The molecule has 0 spiro atoms. The minimum Gasteiger partial charge on any atom is -0.493 e. The Morgan fingerprint density at radius 2 is 1.74 bits per heavy atom. The van der Waals surface area contributed by atoms with Crippen molar-refractivity contribution in [1.29, 1.82) is 0 Å². The molecular formula is C19H20N4O4. The lowest BCUT2D eigenvalue weighted by molar-refractivity contribution is 0.355. The molecule has 0 atom stereocenters. The van der Waals surface area contributed by atoms with Gasteiger partial charge in [0.1, 0.15) is 0 Å². The Hall–Kier alpha value is -3.47. The normalized spacial score (nSPS) is 10.6. The molecule has 3 aromatic rings. The lowest BCUT2D eigenvalue weighted by Crippen LogP contribution is -2.38. The molecule has 0 saturated heterocycles. The number of benzene rings is 1. The van der Waals surface area contributed by atoms with Gasteiger partial charge in [0, 0.05) is 26.2 Å². The van der Waals surface area contributed by atoms with Crippen LogP contribution in [0, 0.1) is 11.8 Å². The van der Waals surface area contributed by atoms with E-state index in [-0.39, 0.29) is 0 Å². The van der Waals surface area contributed by atoms with E-state index in [0.29, 0.717) is 40.6 Å². The summed E-state index contributed by atoms with van der Waals surface area (Å²) in [5, 5.41) is 0. The number of ether oxygens (including phenoxy) is 2. The highest BCUT2D eigenvalue weighted by Crippen LogP contribution is 2.27. The summed E-state index contributed by atoms with van der Waals surface area (Å²) in [6, 6.07) is 5.33. The monoisotopic (exact) mass is 368 g/mol. The highest BCUT2D eigenvalue weighted by atomic mass is 16.5. The van der Waals surface area contributed by atoms with E-state index in [1.54, 1.807) is 44.0 Å². The van der Waals surface area contributed by atoms with Gasteiger partial charge in [-0.25, -0.2) is 9.78 Å². The summed E-state index contributed by atoms with van der Waals surface area (Å²) in [5.41, 5.74) is 0.599. The van der Waals surface area contributed by atoms with Crippen LogP contribution < -0.4 is 20.7 Å². The minimum absolute atomic E-state index is 0.338. The molecule has 0 saturated carbocycles. The smallest absolute Gasteiger partial charge is 0.332 e. The van der Waals surface area contributed by atoms with Crippen molar-refractivity contribution < 1.29 is 9.47 Å². The number of rotatable bonds is 3. The van der Waals surface area contributed by atoms with Gasteiger partial charge in [0.05, 0.1) is 14.2 Å². The first-order valence-electron chi connectivity index (χ1n) is 8.33. The topological polar surface area (TPSA) is 80.3 Å². The van der Waals surface area contributed by atoms with Crippen molar-refractivity contribution in [2.75, 3.05) is 14.2 Å². The molecule has 2 aromatic heterocycles. The van der Waals surface area contributed by atoms with Gasteiger partial charge in [-0.15, -0.1) is 0 Å². The first-order chi connectivity index (χ1) is 12.9. The van der Waals surface area contributed by atoms with E-state index in [2.05, 4.69) is 16.8 Å². The summed E-state index contributed by atoms with van der Waals surface area (Å²) >= 11 is 0. The van der Waals surface area contributed by atoms with Crippen molar-refractivity contribution in [3.8, 4) is 23.3 Å². The molecule has 8 heteroatoms. The fourth-order valence-electron chi connectivity index (χ4n) is 2.87. The van der Waals surface area contributed by atoms with Crippen LogP contribution in [-0.4, -0.2) is 32.9 Å². The van der Waals surface area contributed by atoms with E-state index in [4.69, 9.17) is 9.47 Å². The molecule has 0 N–H and O–H groups in total. The molecule has 0 aliphatic carbocycles. The minimum atomic E-state index is -0.396. The highest BCUT2D eigenvalue weighted by Gasteiger charge is 2.17. The second-order valence-electron chi connectivity index (χ2n) is 5.88. The number of methoxy groups -OCH3 is 2. The molecule has 0 radical (unpaired) electrons. The third-order valence-corrected chi connectivity index (χ3v) is 4.38. The molecule has 0 fully saturated rings. The average molecular weight is 368 g/mol. The summed E-state index contributed by atoms with van der Waals surface area (Å²) in [7, 11) is 6.29. The summed E-state index contributed by atoms with van der Waals surface area (Å²) < 4.78 is 14.6. The molecule has 0 aliphatic heterocycles. The Morgan fingerprint density at radius 1 is 1.04 bits per heavy atom. The maximum absolute atomic E-state index is 12.5. The van der Waals surface area contributed by atoms with E-state index in [1.165, 1.54) is 11.6 Å². The molecule has 0 unspecified atom stereocenters. The molecule has 0 aliphatic rings. The van der Waals surface area contributed by atoms with Gasteiger partial charge >= 0.3 is 5.69 Å². The van der Waals surface area contributed by atoms with Crippen LogP contribution in [0.5, 0.6) is 11.5 Å². The quantitative estimate of drug-likeness (QED) is 0.641. The van der Waals surface area contributed by atoms with Crippen molar-refractivity contribution in [3.05, 3.63) is 50.4 Å². The van der Waals surface area contributed by atoms with Gasteiger partial charge in [0.2, 0.25) is 0 Å². The maximum atomic E-state index is 12.5. The van der Waals surface area contributed by atoms with Gasteiger partial charge in [0.15, 0.2) is 28.5 Å². The molecule has 2 heterocycles. The zero-order valence-electron chi connectivity index (χ0n) is 15.9. The maximum Gasteiger partial charge on any atom is 0.332 e. The van der Waals surface area contributed by atoms with Crippen LogP contribution in [0.3, 0.4) is 0 Å². The number of aromatic nitrogens is 4. The largest absolute Gasteiger partial charge is 0.493 e. The Kier molecular flexibility index (Phi) is 4.77. The Bertz CT molecular complexity index is 1200. The van der Waals surface area contributed by atoms with Crippen molar-refractivity contribution in [2.24, 2.45) is 14.1 Å². The van der Waals surface area contributed by atoms with Gasteiger partial charge < -0.3 is 14.0 Å². The van der Waals surface area contributed by atoms with Crippen molar-refractivity contribution in [3.63, 3.8) is 0 Å². The van der Waals surface area contributed by atoms with Gasteiger partial charge in [-0.05, 0) is 31.0 Å². The van der Waals surface area contributed by atoms with Crippen LogP contribution in [0.4, 0.5) is 0 Å². The van der Waals surface area contributed by atoms with E-state index in [0.717, 1.165) is 4.57 Å². The highest BCUT2D eigenvalue weighted by molar-refractivity contribution is 5.72. The third-order valence-electron chi connectivity index (χ3n) is 4.38. The van der Waals surface area contributed by atoms with Gasteiger partial charge in [-0.1, -0.05) is 5.92 Å². The van der Waals surface area contributed by atoms with Crippen LogP contribution in [-0.2, 0) is 20.6 Å². The SMILES string of the molecule is CCn1c(=O)n(C)c(=O)c2c1nc(C#Cc1ccc(OC)c(OC)c1)n2C. The number of hydrogen-bond acceptors (Lipinski definition) is 5. The summed E-state index contributed by atoms with van der Waals surface area (Å²) in [5.74, 6) is 7.55.